The van der Waals surface area contributed by atoms with Crippen molar-refractivity contribution in [3.63, 3.8) is 0 Å². The molecule has 16 heavy (non-hydrogen) atoms. The molecule has 0 bridgehead atoms. The highest BCUT2D eigenvalue weighted by atomic mass is 35.5. The number of anilines is 1. The van der Waals surface area contributed by atoms with Gasteiger partial charge in [0.1, 0.15) is 5.82 Å². The van der Waals surface area contributed by atoms with Gasteiger partial charge < -0.3 is 5.32 Å². The minimum Gasteiger partial charge on any atom is -0.370 e. The second kappa shape index (κ2) is 5.53. The van der Waals surface area contributed by atoms with Gasteiger partial charge in [0, 0.05) is 18.1 Å². The van der Waals surface area contributed by atoms with Gasteiger partial charge in [0.05, 0.1) is 0 Å². The zero-order chi connectivity index (χ0) is 11.4. The van der Waals surface area contributed by atoms with Gasteiger partial charge in [0.15, 0.2) is 0 Å². The van der Waals surface area contributed by atoms with Crippen LogP contribution in [0, 0.1) is 12.8 Å². The van der Waals surface area contributed by atoms with Crippen molar-refractivity contribution in [1.29, 1.82) is 0 Å². The van der Waals surface area contributed by atoms with Crippen molar-refractivity contribution in [2.75, 3.05) is 11.9 Å². The zero-order valence-corrected chi connectivity index (χ0v) is 10.5. The first-order valence-electron chi connectivity index (χ1n) is 6.04. The van der Waals surface area contributed by atoms with E-state index in [1.807, 2.05) is 12.3 Å². The van der Waals surface area contributed by atoms with Crippen LogP contribution in [-0.2, 0) is 0 Å². The SMILES string of the molecule is Cc1ccc(NCC2CCCC(Cl)C2)nc1. The lowest BCUT2D eigenvalue weighted by atomic mass is 9.89. The topological polar surface area (TPSA) is 24.9 Å². The van der Waals surface area contributed by atoms with E-state index in [0.29, 0.717) is 11.3 Å². The molecule has 0 aromatic carbocycles. The summed E-state index contributed by atoms with van der Waals surface area (Å²) in [4.78, 5) is 4.34. The van der Waals surface area contributed by atoms with Crippen LogP contribution >= 0.6 is 11.6 Å². The summed E-state index contributed by atoms with van der Waals surface area (Å²) in [6.45, 7) is 3.05. The molecule has 2 rings (SSSR count). The van der Waals surface area contributed by atoms with Crippen LogP contribution < -0.4 is 5.32 Å². The van der Waals surface area contributed by atoms with E-state index in [-0.39, 0.29) is 0 Å². The summed E-state index contributed by atoms with van der Waals surface area (Å²) < 4.78 is 0. The minimum absolute atomic E-state index is 0.381. The van der Waals surface area contributed by atoms with Crippen molar-refractivity contribution in [3.05, 3.63) is 23.9 Å². The van der Waals surface area contributed by atoms with Crippen LogP contribution in [0.15, 0.2) is 18.3 Å². The van der Waals surface area contributed by atoms with E-state index in [9.17, 15) is 0 Å². The van der Waals surface area contributed by atoms with Crippen molar-refractivity contribution in [2.24, 2.45) is 5.92 Å². The Kier molecular flexibility index (Phi) is 4.05. The molecule has 88 valence electrons. The monoisotopic (exact) mass is 238 g/mol. The van der Waals surface area contributed by atoms with Crippen LogP contribution in [0.5, 0.6) is 0 Å². The summed E-state index contributed by atoms with van der Waals surface area (Å²) in [5.41, 5.74) is 1.20. The first-order valence-corrected chi connectivity index (χ1v) is 6.48. The Labute approximate surface area is 102 Å². The number of pyridine rings is 1. The highest BCUT2D eigenvalue weighted by molar-refractivity contribution is 6.20. The molecule has 1 fully saturated rings. The number of hydrogen-bond donors (Lipinski definition) is 1. The Morgan fingerprint density at radius 3 is 3.00 bits per heavy atom. The van der Waals surface area contributed by atoms with Gasteiger partial charge in [-0.15, -0.1) is 11.6 Å². The molecule has 2 unspecified atom stereocenters. The summed E-state index contributed by atoms with van der Waals surface area (Å²) in [5, 5.41) is 3.77. The van der Waals surface area contributed by atoms with Crippen molar-refractivity contribution >= 4 is 17.4 Å². The Morgan fingerprint density at radius 2 is 2.31 bits per heavy atom. The third-order valence-electron chi connectivity index (χ3n) is 3.20. The third-order valence-corrected chi connectivity index (χ3v) is 3.60. The van der Waals surface area contributed by atoms with Crippen LogP contribution in [0.2, 0.25) is 0 Å². The largest absolute Gasteiger partial charge is 0.370 e. The van der Waals surface area contributed by atoms with Crippen molar-refractivity contribution in [2.45, 2.75) is 38.0 Å². The predicted octanol–water partition coefficient (Wildman–Crippen LogP) is 3.60. The van der Waals surface area contributed by atoms with Gasteiger partial charge >= 0.3 is 0 Å². The van der Waals surface area contributed by atoms with Gasteiger partial charge in [0.2, 0.25) is 0 Å². The molecule has 0 spiro atoms. The molecular weight excluding hydrogens is 220 g/mol. The lowest BCUT2D eigenvalue weighted by Crippen LogP contribution is -2.22. The van der Waals surface area contributed by atoms with Crippen LogP contribution in [-0.4, -0.2) is 16.9 Å². The fourth-order valence-electron chi connectivity index (χ4n) is 2.23. The number of hydrogen-bond acceptors (Lipinski definition) is 2. The number of aromatic nitrogens is 1. The zero-order valence-electron chi connectivity index (χ0n) is 9.75. The highest BCUT2D eigenvalue weighted by Crippen LogP contribution is 2.27. The first kappa shape index (κ1) is 11.7. The van der Waals surface area contributed by atoms with Crippen molar-refractivity contribution in [3.8, 4) is 0 Å². The maximum Gasteiger partial charge on any atom is 0.125 e. The third kappa shape index (κ3) is 3.38. The van der Waals surface area contributed by atoms with E-state index < -0.39 is 0 Å². The summed E-state index contributed by atoms with van der Waals surface area (Å²) in [7, 11) is 0. The van der Waals surface area contributed by atoms with E-state index in [2.05, 4.69) is 23.3 Å². The van der Waals surface area contributed by atoms with E-state index in [1.54, 1.807) is 0 Å². The number of rotatable bonds is 3. The highest BCUT2D eigenvalue weighted by Gasteiger charge is 2.19. The molecule has 1 aromatic heterocycles. The summed E-state index contributed by atoms with van der Waals surface area (Å²) in [6, 6.07) is 4.12. The Hall–Kier alpha value is -0.760. The van der Waals surface area contributed by atoms with E-state index in [0.717, 1.165) is 18.8 Å². The molecule has 3 heteroatoms. The Bertz CT molecular complexity index is 323. The normalized spacial score (nSPS) is 25.4. The van der Waals surface area contributed by atoms with E-state index in [1.165, 1.54) is 24.8 Å². The molecule has 2 atom stereocenters. The molecular formula is C13H19ClN2. The number of alkyl halides is 1. The molecule has 1 aromatic rings. The number of nitrogens with zero attached hydrogens (tertiary/aromatic N) is 1. The van der Waals surface area contributed by atoms with E-state index >= 15 is 0 Å². The van der Waals surface area contributed by atoms with Crippen LogP contribution in [0.4, 0.5) is 5.82 Å². The van der Waals surface area contributed by atoms with Gasteiger partial charge in [-0.3, -0.25) is 0 Å². The molecule has 0 saturated heterocycles. The van der Waals surface area contributed by atoms with Gasteiger partial charge in [-0.25, -0.2) is 4.98 Å². The second-order valence-electron chi connectivity index (χ2n) is 4.73. The number of halogens is 1. The lowest BCUT2D eigenvalue weighted by Gasteiger charge is -2.25. The van der Waals surface area contributed by atoms with Crippen LogP contribution in [0.25, 0.3) is 0 Å². The molecule has 0 radical (unpaired) electrons. The standard InChI is InChI=1S/C13H19ClN2/c1-10-5-6-13(15-8-10)16-9-11-3-2-4-12(14)7-11/h5-6,8,11-12H,2-4,7,9H2,1H3,(H,15,16). The molecule has 1 saturated carbocycles. The summed E-state index contributed by atoms with van der Waals surface area (Å²) >= 11 is 6.17. The molecule has 1 aliphatic carbocycles. The Morgan fingerprint density at radius 1 is 1.44 bits per heavy atom. The second-order valence-corrected chi connectivity index (χ2v) is 5.35. The fourth-order valence-corrected chi connectivity index (χ4v) is 2.64. The minimum atomic E-state index is 0.381. The van der Waals surface area contributed by atoms with Crippen molar-refractivity contribution in [1.82, 2.24) is 4.98 Å². The summed E-state index contributed by atoms with van der Waals surface area (Å²) in [6.07, 6.45) is 6.78. The van der Waals surface area contributed by atoms with Gasteiger partial charge in [-0.05, 0) is 43.7 Å². The van der Waals surface area contributed by atoms with Crippen LogP contribution in [0.3, 0.4) is 0 Å². The molecule has 0 amide bonds. The number of nitrogens with one attached hydrogen (secondary N) is 1. The maximum atomic E-state index is 6.17. The first-order chi connectivity index (χ1) is 7.74. The average molecular weight is 239 g/mol. The smallest absolute Gasteiger partial charge is 0.125 e. The van der Waals surface area contributed by atoms with E-state index in [4.69, 9.17) is 11.6 Å². The average Bonchev–Trinajstić information content (AvgIpc) is 2.28. The molecule has 1 N–H and O–H groups in total. The summed E-state index contributed by atoms with van der Waals surface area (Å²) in [5.74, 6) is 1.68. The lowest BCUT2D eigenvalue weighted by molar-refractivity contribution is 0.378. The van der Waals surface area contributed by atoms with Crippen molar-refractivity contribution < 1.29 is 0 Å². The van der Waals surface area contributed by atoms with Gasteiger partial charge in [-0.2, -0.15) is 0 Å². The molecule has 1 heterocycles. The Balaban J connectivity index is 1.80. The quantitative estimate of drug-likeness (QED) is 0.814. The van der Waals surface area contributed by atoms with Gasteiger partial charge in [0.25, 0.3) is 0 Å². The molecule has 2 nitrogen and oxygen atoms in total. The van der Waals surface area contributed by atoms with Gasteiger partial charge in [-0.1, -0.05) is 12.5 Å². The molecule has 0 aliphatic heterocycles. The fraction of sp³-hybridized carbons (Fsp3) is 0.615. The molecule has 1 aliphatic rings. The predicted molar refractivity (Wildman–Crippen MR) is 69.1 cm³/mol. The number of aryl methyl sites for hydroxylation is 1. The van der Waals surface area contributed by atoms with Crippen LogP contribution in [0.1, 0.15) is 31.2 Å². The maximum absolute atomic E-state index is 6.17.